The van der Waals surface area contributed by atoms with Gasteiger partial charge in [-0.25, -0.2) is 14.6 Å². The van der Waals surface area contributed by atoms with Crippen molar-refractivity contribution < 1.29 is 19.4 Å². The molecule has 0 aliphatic heterocycles. The maximum absolute atomic E-state index is 11.8. The number of anilines is 1. The number of nitrogens with one attached hydrogen (secondary N) is 1. The first-order valence-electron chi connectivity index (χ1n) is 8.57. The summed E-state index contributed by atoms with van der Waals surface area (Å²) in [7, 11) is 0. The van der Waals surface area contributed by atoms with Gasteiger partial charge in [-0.2, -0.15) is 0 Å². The molecule has 1 aromatic carbocycles. The number of carboxylic acids is 1. The highest BCUT2D eigenvalue weighted by Crippen LogP contribution is 2.28. The van der Waals surface area contributed by atoms with Crippen LogP contribution in [0.25, 0.3) is 0 Å². The summed E-state index contributed by atoms with van der Waals surface area (Å²) in [6, 6.07) is 12.9. The van der Waals surface area contributed by atoms with Crippen molar-refractivity contribution in [1.82, 2.24) is 4.98 Å². The second-order valence-electron chi connectivity index (χ2n) is 7.18. The van der Waals surface area contributed by atoms with Crippen molar-refractivity contribution in [1.29, 1.82) is 0 Å². The fraction of sp³-hybridized carbons (Fsp3) is 0.286. The molecule has 142 valence electrons. The van der Waals surface area contributed by atoms with E-state index in [2.05, 4.69) is 16.9 Å². The van der Waals surface area contributed by atoms with Crippen LogP contribution in [0.2, 0.25) is 0 Å². The Bertz CT molecular complexity index is 808. The fourth-order valence-electron chi connectivity index (χ4n) is 2.53. The van der Waals surface area contributed by atoms with E-state index in [1.807, 2.05) is 30.3 Å². The molecule has 2 aromatic rings. The number of carbonyl (C=O) groups is 2. The molecule has 0 saturated heterocycles. The SMILES string of the molecule is C=C(C(=O)O)C(Cc1ccccc1)c1ccc(NC(=O)OC(C)(C)C)nc1. The molecule has 2 N–H and O–H groups in total. The monoisotopic (exact) mass is 368 g/mol. The molecule has 0 bridgehead atoms. The van der Waals surface area contributed by atoms with Crippen molar-refractivity contribution in [2.75, 3.05) is 5.32 Å². The Morgan fingerprint density at radius 1 is 1.19 bits per heavy atom. The Labute approximate surface area is 158 Å². The third-order valence-corrected chi connectivity index (χ3v) is 3.80. The Kier molecular flexibility index (Phi) is 6.34. The van der Waals surface area contributed by atoms with Gasteiger partial charge in [0.2, 0.25) is 0 Å². The molecule has 0 saturated carbocycles. The molecule has 0 radical (unpaired) electrons. The number of hydrogen-bond acceptors (Lipinski definition) is 4. The maximum Gasteiger partial charge on any atom is 0.413 e. The van der Waals surface area contributed by atoms with Gasteiger partial charge in [0.1, 0.15) is 11.4 Å². The van der Waals surface area contributed by atoms with Crippen LogP contribution < -0.4 is 5.32 Å². The number of carbonyl (C=O) groups excluding carboxylic acids is 1. The number of ether oxygens (including phenoxy) is 1. The Balaban J connectivity index is 2.17. The number of aliphatic carboxylic acids is 1. The molecule has 1 unspecified atom stereocenters. The van der Waals surface area contributed by atoms with Crippen molar-refractivity contribution in [3.05, 3.63) is 71.9 Å². The molecular formula is C21H24N2O4. The minimum atomic E-state index is -1.05. The predicted molar refractivity (Wildman–Crippen MR) is 104 cm³/mol. The van der Waals surface area contributed by atoms with E-state index in [1.54, 1.807) is 39.1 Å². The average molecular weight is 368 g/mol. The molecule has 1 atom stereocenters. The quantitative estimate of drug-likeness (QED) is 0.738. The first-order valence-corrected chi connectivity index (χ1v) is 8.57. The number of carboxylic acid groups (broad SMARTS) is 1. The van der Waals surface area contributed by atoms with Crippen LogP contribution in [0.15, 0.2) is 60.8 Å². The van der Waals surface area contributed by atoms with Crippen molar-refractivity contribution in [2.24, 2.45) is 0 Å². The van der Waals surface area contributed by atoms with Gasteiger partial charge in [0.15, 0.2) is 0 Å². The van der Waals surface area contributed by atoms with Crippen LogP contribution in [0.3, 0.4) is 0 Å². The van der Waals surface area contributed by atoms with E-state index < -0.39 is 23.6 Å². The molecule has 0 aliphatic rings. The highest BCUT2D eigenvalue weighted by Gasteiger charge is 2.22. The summed E-state index contributed by atoms with van der Waals surface area (Å²) in [5.41, 5.74) is 1.19. The second-order valence-corrected chi connectivity index (χ2v) is 7.18. The number of benzene rings is 1. The van der Waals surface area contributed by atoms with Gasteiger partial charge in [0.05, 0.1) is 0 Å². The summed E-state index contributed by atoms with van der Waals surface area (Å²) in [5.74, 6) is -1.15. The van der Waals surface area contributed by atoms with Crippen molar-refractivity contribution in [3.8, 4) is 0 Å². The third kappa shape index (κ3) is 6.26. The van der Waals surface area contributed by atoms with E-state index in [4.69, 9.17) is 4.74 Å². The Hall–Kier alpha value is -3.15. The number of nitrogens with zero attached hydrogens (tertiary/aromatic N) is 1. The maximum atomic E-state index is 11.8. The van der Waals surface area contributed by atoms with E-state index in [-0.39, 0.29) is 5.57 Å². The lowest BCUT2D eigenvalue weighted by atomic mass is 9.87. The molecule has 0 fully saturated rings. The van der Waals surface area contributed by atoms with Gasteiger partial charge in [-0.15, -0.1) is 0 Å². The minimum Gasteiger partial charge on any atom is -0.478 e. The zero-order valence-corrected chi connectivity index (χ0v) is 15.7. The number of aromatic nitrogens is 1. The summed E-state index contributed by atoms with van der Waals surface area (Å²) in [6.45, 7) is 9.04. The largest absolute Gasteiger partial charge is 0.478 e. The second kappa shape index (κ2) is 8.49. The molecule has 6 heteroatoms. The number of pyridine rings is 1. The predicted octanol–water partition coefficient (Wildman–Crippen LogP) is 4.40. The molecule has 1 heterocycles. The number of rotatable bonds is 6. The van der Waals surface area contributed by atoms with Crippen molar-refractivity contribution >= 4 is 17.9 Å². The van der Waals surface area contributed by atoms with E-state index in [1.165, 1.54) is 0 Å². The molecule has 27 heavy (non-hydrogen) atoms. The lowest BCUT2D eigenvalue weighted by Gasteiger charge is -2.20. The Morgan fingerprint density at radius 3 is 2.37 bits per heavy atom. The van der Waals surface area contributed by atoms with Crippen LogP contribution in [0.1, 0.15) is 37.8 Å². The van der Waals surface area contributed by atoms with Gasteiger partial charge in [0.25, 0.3) is 0 Å². The van der Waals surface area contributed by atoms with E-state index >= 15 is 0 Å². The minimum absolute atomic E-state index is 0.0912. The molecule has 6 nitrogen and oxygen atoms in total. The molecular weight excluding hydrogens is 344 g/mol. The van der Waals surface area contributed by atoms with E-state index in [9.17, 15) is 14.7 Å². The van der Waals surface area contributed by atoms with Gasteiger partial charge < -0.3 is 9.84 Å². The number of hydrogen-bond donors (Lipinski definition) is 2. The topological polar surface area (TPSA) is 88.5 Å². The summed E-state index contributed by atoms with van der Waals surface area (Å²) in [5, 5.41) is 11.9. The number of amides is 1. The van der Waals surface area contributed by atoms with Crippen LogP contribution in [0.4, 0.5) is 10.6 Å². The van der Waals surface area contributed by atoms with Gasteiger partial charge >= 0.3 is 12.1 Å². The fourth-order valence-corrected chi connectivity index (χ4v) is 2.53. The van der Waals surface area contributed by atoms with Gasteiger partial charge in [-0.3, -0.25) is 5.32 Å². The standard InChI is InChI=1S/C21H24N2O4/c1-14(19(24)25)17(12-15-8-6-5-7-9-15)16-10-11-18(22-13-16)23-20(26)27-21(2,3)4/h5-11,13,17H,1,12H2,2-4H3,(H,24,25)(H,22,23,26). The molecule has 0 aliphatic carbocycles. The zero-order chi connectivity index (χ0) is 20.0. The first kappa shape index (κ1) is 20.2. The highest BCUT2D eigenvalue weighted by atomic mass is 16.6. The molecule has 1 amide bonds. The molecule has 1 aromatic heterocycles. The average Bonchev–Trinajstić information content (AvgIpc) is 2.59. The van der Waals surface area contributed by atoms with Crippen LogP contribution in [-0.4, -0.2) is 27.8 Å². The zero-order valence-electron chi connectivity index (χ0n) is 15.7. The molecule has 0 spiro atoms. The smallest absolute Gasteiger partial charge is 0.413 e. The summed E-state index contributed by atoms with van der Waals surface area (Å²) >= 11 is 0. The van der Waals surface area contributed by atoms with Crippen LogP contribution in [-0.2, 0) is 16.0 Å². The third-order valence-electron chi connectivity index (χ3n) is 3.80. The highest BCUT2D eigenvalue weighted by molar-refractivity contribution is 5.88. The Morgan fingerprint density at radius 2 is 1.85 bits per heavy atom. The normalized spacial score (nSPS) is 12.1. The summed E-state index contributed by atoms with van der Waals surface area (Å²) in [4.78, 5) is 27.5. The van der Waals surface area contributed by atoms with E-state index in [0.29, 0.717) is 17.8 Å². The van der Waals surface area contributed by atoms with E-state index in [0.717, 1.165) is 5.56 Å². The molecule has 2 rings (SSSR count). The van der Waals surface area contributed by atoms with Gasteiger partial charge in [0, 0.05) is 17.7 Å². The van der Waals surface area contributed by atoms with Crippen LogP contribution in [0.5, 0.6) is 0 Å². The lowest BCUT2D eigenvalue weighted by Crippen LogP contribution is -2.27. The van der Waals surface area contributed by atoms with Gasteiger partial charge in [-0.05, 0) is 44.4 Å². The summed E-state index contributed by atoms with van der Waals surface area (Å²) in [6.07, 6.45) is 1.44. The van der Waals surface area contributed by atoms with Crippen molar-refractivity contribution in [3.63, 3.8) is 0 Å². The van der Waals surface area contributed by atoms with Gasteiger partial charge in [-0.1, -0.05) is 43.0 Å². The first-order chi connectivity index (χ1) is 12.7. The summed E-state index contributed by atoms with van der Waals surface area (Å²) < 4.78 is 5.19. The van der Waals surface area contributed by atoms with Crippen LogP contribution >= 0.6 is 0 Å². The lowest BCUT2D eigenvalue weighted by molar-refractivity contribution is -0.132. The van der Waals surface area contributed by atoms with Crippen molar-refractivity contribution in [2.45, 2.75) is 38.7 Å². The van der Waals surface area contributed by atoms with Crippen LogP contribution in [0, 0.1) is 0 Å².